The van der Waals surface area contributed by atoms with Crippen LogP contribution in [0.15, 0.2) is 30.3 Å². The third-order valence-corrected chi connectivity index (χ3v) is 6.29. The Balaban J connectivity index is 3.17. The van der Waals surface area contributed by atoms with Gasteiger partial charge in [0.05, 0.1) is 12.5 Å². The molecule has 1 aromatic rings. The van der Waals surface area contributed by atoms with Crippen molar-refractivity contribution in [1.82, 2.24) is 16.0 Å². The number of primary amides is 1. The highest BCUT2D eigenvalue weighted by Crippen LogP contribution is 2.12. The minimum atomic E-state index is -1.55. The molecular weight excluding hydrogens is 466 g/mol. The summed E-state index contributed by atoms with van der Waals surface area (Å²) < 4.78 is 0. The standard InChI is InChI=1S/C25H39N5O6/c1-5-14(3)20(27)23(33)30-21(15(4)6-2)24(34)28-17(12-16-10-8-7-9-11-16)22(32)29-18(25(35)36)13-19(26)31/h7-11,14-15,17-18,20-21H,5-6,12-13,27H2,1-4H3,(H2,26,31)(H,28,34)(H,29,32)(H,30,33)(H,35,36). The third kappa shape index (κ3) is 9.65. The Morgan fingerprint density at radius 3 is 1.89 bits per heavy atom. The lowest BCUT2D eigenvalue weighted by atomic mass is 9.95. The number of amides is 4. The number of carboxylic acid groups (broad SMARTS) is 1. The summed E-state index contributed by atoms with van der Waals surface area (Å²) in [4.78, 5) is 61.8. The molecule has 0 saturated carbocycles. The number of aliphatic carboxylic acids is 1. The zero-order valence-electron chi connectivity index (χ0n) is 21.3. The van der Waals surface area contributed by atoms with E-state index in [-0.39, 0.29) is 18.3 Å². The van der Waals surface area contributed by atoms with E-state index in [1.807, 2.05) is 20.8 Å². The van der Waals surface area contributed by atoms with E-state index in [1.54, 1.807) is 37.3 Å². The molecule has 0 heterocycles. The maximum atomic E-state index is 13.3. The molecule has 0 fully saturated rings. The normalized spacial score (nSPS) is 15.9. The summed E-state index contributed by atoms with van der Waals surface area (Å²) in [6, 6.07) is 4.32. The minimum Gasteiger partial charge on any atom is -0.480 e. The van der Waals surface area contributed by atoms with Gasteiger partial charge in [-0.2, -0.15) is 0 Å². The maximum absolute atomic E-state index is 13.3. The van der Waals surface area contributed by atoms with Gasteiger partial charge in [0.15, 0.2) is 0 Å². The fourth-order valence-corrected chi connectivity index (χ4v) is 3.46. The molecule has 0 aliphatic rings. The Bertz CT molecular complexity index is 909. The summed E-state index contributed by atoms with van der Waals surface area (Å²) in [5.41, 5.74) is 11.8. The second-order valence-corrected chi connectivity index (χ2v) is 9.10. The molecule has 0 saturated heterocycles. The van der Waals surface area contributed by atoms with Gasteiger partial charge >= 0.3 is 5.97 Å². The van der Waals surface area contributed by atoms with Crippen molar-refractivity contribution >= 4 is 29.6 Å². The van der Waals surface area contributed by atoms with Crippen LogP contribution in [0.25, 0.3) is 0 Å². The quantitative estimate of drug-likeness (QED) is 0.194. The molecular formula is C25H39N5O6. The van der Waals surface area contributed by atoms with E-state index in [1.165, 1.54) is 0 Å². The predicted molar refractivity (Wildman–Crippen MR) is 134 cm³/mol. The molecule has 1 aromatic carbocycles. The lowest BCUT2D eigenvalue weighted by Crippen LogP contribution is -2.59. The number of hydrogen-bond acceptors (Lipinski definition) is 6. The van der Waals surface area contributed by atoms with Crippen LogP contribution in [0, 0.1) is 11.8 Å². The molecule has 0 aliphatic carbocycles. The van der Waals surface area contributed by atoms with Gasteiger partial charge in [-0.15, -0.1) is 0 Å². The molecule has 1 rings (SSSR count). The van der Waals surface area contributed by atoms with Gasteiger partial charge in [-0.1, -0.05) is 70.9 Å². The number of carbonyl (C=O) groups excluding carboxylic acids is 4. The van der Waals surface area contributed by atoms with Crippen molar-refractivity contribution < 1.29 is 29.1 Å². The average Bonchev–Trinajstić information content (AvgIpc) is 2.84. The van der Waals surface area contributed by atoms with E-state index >= 15 is 0 Å². The highest BCUT2D eigenvalue weighted by Gasteiger charge is 2.33. The lowest BCUT2D eigenvalue weighted by Gasteiger charge is -2.28. The van der Waals surface area contributed by atoms with Gasteiger partial charge in [0.25, 0.3) is 0 Å². The highest BCUT2D eigenvalue weighted by molar-refractivity contribution is 5.95. The minimum absolute atomic E-state index is 0.0505. The van der Waals surface area contributed by atoms with E-state index < -0.39 is 60.2 Å². The molecule has 0 aromatic heterocycles. The van der Waals surface area contributed by atoms with Gasteiger partial charge in [-0.3, -0.25) is 19.2 Å². The van der Waals surface area contributed by atoms with Crippen LogP contribution in [0.4, 0.5) is 0 Å². The third-order valence-electron chi connectivity index (χ3n) is 6.29. The van der Waals surface area contributed by atoms with Crippen LogP contribution in [0.5, 0.6) is 0 Å². The van der Waals surface area contributed by atoms with Crippen molar-refractivity contribution in [2.45, 2.75) is 77.5 Å². The van der Waals surface area contributed by atoms with Gasteiger partial charge in [0.1, 0.15) is 18.1 Å². The average molecular weight is 506 g/mol. The van der Waals surface area contributed by atoms with E-state index in [0.717, 1.165) is 0 Å². The molecule has 0 aliphatic heterocycles. The van der Waals surface area contributed by atoms with Crippen LogP contribution < -0.4 is 27.4 Å². The lowest BCUT2D eigenvalue weighted by molar-refractivity contribution is -0.143. The Hall–Kier alpha value is -3.47. The van der Waals surface area contributed by atoms with E-state index in [4.69, 9.17) is 11.5 Å². The van der Waals surface area contributed by atoms with Crippen molar-refractivity contribution in [3.63, 3.8) is 0 Å². The molecule has 4 amide bonds. The molecule has 200 valence electrons. The Morgan fingerprint density at radius 1 is 0.833 bits per heavy atom. The molecule has 6 unspecified atom stereocenters. The number of nitrogens with two attached hydrogens (primary N) is 2. The smallest absolute Gasteiger partial charge is 0.326 e. The number of nitrogens with one attached hydrogen (secondary N) is 3. The molecule has 0 radical (unpaired) electrons. The van der Waals surface area contributed by atoms with E-state index in [2.05, 4.69) is 16.0 Å². The second-order valence-electron chi connectivity index (χ2n) is 9.10. The van der Waals surface area contributed by atoms with Gasteiger partial charge in [0, 0.05) is 6.42 Å². The maximum Gasteiger partial charge on any atom is 0.326 e. The van der Waals surface area contributed by atoms with Gasteiger partial charge in [-0.05, 0) is 17.4 Å². The predicted octanol–water partition coefficient (Wildman–Crippen LogP) is 0.0630. The molecule has 0 spiro atoms. The zero-order chi connectivity index (χ0) is 27.4. The van der Waals surface area contributed by atoms with Crippen molar-refractivity contribution in [3.8, 4) is 0 Å². The second kappa shape index (κ2) is 14.8. The summed E-state index contributed by atoms with van der Waals surface area (Å²) in [5.74, 6) is -4.58. The molecule has 11 nitrogen and oxygen atoms in total. The van der Waals surface area contributed by atoms with Crippen LogP contribution >= 0.6 is 0 Å². The first-order valence-electron chi connectivity index (χ1n) is 12.1. The van der Waals surface area contributed by atoms with Gasteiger partial charge < -0.3 is 32.5 Å². The van der Waals surface area contributed by atoms with Crippen molar-refractivity contribution in [1.29, 1.82) is 0 Å². The van der Waals surface area contributed by atoms with Crippen molar-refractivity contribution in [2.24, 2.45) is 23.3 Å². The molecule has 6 atom stereocenters. The first-order valence-corrected chi connectivity index (χ1v) is 12.1. The summed E-state index contributed by atoms with van der Waals surface area (Å²) >= 11 is 0. The number of hydrogen-bond donors (Lipinski definition) is 6. The molecule has 11 heteroatoms. The Morgan fingerprint density at radius 2 is 1.39 bits per heavy atom. The fourth-order valence-electron chi connectivity index (χ4n) is 3.46. The molecule has 36 heavy (non-hydrogen) atoms. The number of carboxylic acids is 1. The largest absolute Gasteiger partial charge is 0.480 e. The first-order chi connectivity index (χ1) is 16.9. The van der Waals surface area contributed by atoms with Crippen LogP contribution in [0.2, 0.25) is 0 Å². The summed E-state index contributed by atoms with van der Waals surface area (Å²) in [7, 11) is 0. The Kier molecular flexibility index (Phi) is 12.6. The number of benzene rings is 1. The Labute approximate surface area is 211 Å². The van der Waals surface area contributed by atoms with Crippen LogP contribution in [0.1, 0.15) is 52.5 Å². The van der Waals surface area contributed by atoms with Crippen molar-refractivity contribution in [3.05, 3.63) is 35.9 Å². The summed E-state index contributed by atoms with van der Waals surface area (Å²) in [6.07, 6.45) is 0.692. The van der Waals surface area contributed by atoms with Crippen LogP contribution in [0.3, 0.4) is 0 Å². The first kappa shape index (κ1) is 30.6. The van der Waals surface area contributed by atoms with Crippen LogP contribution in [-0.2, 0) is 30.4 Å². The number of carbonyl (C=O) groups is 5. The SMILES string of the molecule is CCC(C)C(N)C(=O)NC(C(=O)NC(Cc1ccccc1)C(=O)NC(CC(N)=O)C(=O)O)C(C)CC. The fraction of sp³-hybridized carbons (Fsp3) is 0.560. The topological polar surface area (TPSA) is 194 Å². The monoisotopic (exact) mass is 505 g/mol. The summed E-state index contributed by atoms with van der Waals surface area (Å²) in [6.45, 7) is 7.40. The zero-order valence-corrected chi connectivity index (χ0v) is 21.3. The summed E-state index contributed by atoms with van der Waals surface area (Å²) in [5, 5.41) is 17.0. The molecule has 0 bridgehead atoms. The van der Waals surface area contributed by atoms with E-state index in [9.17, 15) is 29.1 Å². The van der Waals surface area contributed by atoms with Gasteiger partial charge in [0.2, 0.25) is 23.6 Å². The van der Waals surface area contributed by atoms with E-state index in [0.29, 0.717) is 18.4 Å². The van der Waals surface area contributed by atoms with Gasteiger partial charge in [-0.25, -0.2) is 4.79 Å². The van der Waals surface area contributed by atoms with Crippen molar-refractivity contribution in [2.75, 3.05) is 0 Å². The number of rotatable bonds is 15. The van der Waals surface area contributed by atoms with Crippen LogP contribution in [-0.4, -0.2) is 58.9 Å². The highest BCUT2D eigenvalue weighted by atomic mass is 16.4. The molecule has 8 N–H and O–H groups in total.